The van der Waals surface area contributed by atoms with E-state index in [2.05, 4.69) is 15.0 Å². The predicted octanol–water partition coefficient (Wildman–Crippen LogP) is 3.26. The minimum Gasteiger partial charge on any atom is -0.369 e. The molecule has 0 aliphatic carbocycles. The Morgan fingerprint density at radius 2 is 1.56 bits per heavy atom. The summed E-state index contributed by atoms with van der Waals surface area (Å²) < 4.78 is 1.81. The second kappa shape index (κ2) is 5.59. The predicted molar refractivity (Wildman–Crippen MR) is 100 cm³/mol. The van der Waals surface area contributed by atoms with E-state index in [-0.39, 0.29) is 5.95 Å². The maximum Gasteiger partial charge on any atom is 0.222 e. The second-order valence-corrected chi connectivity index (χ2v) is 6.12. The van der Waals surface area contributed by atoms with Crippen molar-refractivity contribution in [1.29, 1.82) is 0 Å². The molecule has 2 aromatic carbocycles. The van der Waals surface area contributed by atoms with E-state index in [9.17, 15) is 0 Å². The van der Waals surface area contributed by atoms with Gasteiger partial charge in [0.1, 0.15) is 11.2 Å². The minimum atomic E-state index is 0.192. The van der Waals surface area contributed by atoms with Crippen molar-refractivity contribution in [2.75, 3.05) is 11.5 Å². The lowest BCUT2D eigenvalue weighted by Gasteiger charge is -2.08. The van der Waals surface area contributed by atoms with Crippen LogP contribution in [-0.2, 0) is 0 Å². The fraction of sp³-hybridized carbons (Fsp3) is 0.105. The number of benzene rings is 2. The number of nitrogens with zero attached hydrogens (tertiary/aromatic N) is 4. The summed E-state index contributed by atoms with van der Waals surface area (Å²) in [6, 6.07) is 16.0. The standard InChI is InChI=1S/C19H18N6/c1-11-5-3-7-13(9-11)15-16-17(24-18(20)22-15)25(19(21)23-16)14-8-4-6-12(2)10-14/h3-10H,1-2H3,(H2,21,23)(H2,20,22,24). The van der Waals surface area contributed by atoms with Crippen molar-refractivity contribution in [2.24, 2.45) is 0 Å². The molecule has 0 saturated heterocycles. The van der Waals surface area contributed by atoms with Gasteiger partial charge in [-0.1, -0.05) is 35.9 Å². The number of nitrogens with two attached hydrogens (primary N) is 2. The zero-order valence-corrected chi connectivity index (χ0v) is 14.1. The molecule has 25 heavy (non-hydrogen) atoms. The maximum atomic E-state index is 6.21. The van der Waals surface area contributed by atoms with Gasteiger partial charge in [-0.3, -0.25) is 4.57 Å². The van der Waals surface area contributed by atoms with Crippen LogP contribution in [-0.4, -0.2) is 19.5 Å². The van der Waals surface area contributed by atoms with Crippen LogP contribution >= 0.6 is 0 Å². The van der Waals surface area contributed by atoms with E-state index in [0.29, 0.717) is 22.8 Å². The molecule has 0 spiro atoms. The molecule has 0 atom stereocenters. The Kier molecular flexibility index (Phi) is 3.39. The van der Waals surface area contributed by atoms with Crippen molar-refractivity contribution in [1.82, 2.24) is 19.5 Å². The Morgan fingerprint density at radius 3 is 2.28 bits per heavy atom. The first kappa shape index (κ1) is 15.1. The van der Waals surface area contributed by atoms with Gasteiger partial charge in [0, 0.05) is 5.56 Å². The summed E-state index contributed by atoms with van der Waals surface area (Å²) in [6.07, 6.45) is 0. The van der Waals surface area contributed by atoms with Crippen molar-refractivity contribution in [2.45, 2.75) is 13.8 Å². The van der Waals surface area contributed by atoms with Crippen LogP contribution in [0.5, 0.6) is 0 Å². The highest BCUT2D eigenvalue weighted by molar-refractivity contribution is 5.91. The Hall–Kier alpha value is -3.41. The molecule has 0 unspecified atom stereocenters. The summed E-state index contributed by atoms with van der Waals surface area (Å²) in [5, 5.41) is 0. The van der Waals surface area contributed by atoms with E-state index in [1.165, 1.54) is 0 Å². The number of imidazole rings is 1. The van der Waals surface area contributed by atoms with Crippen LogP contribution in [0.4, 0.5) is 11.9 Å². The average Bonchev–Trinajstić information content (AvgIpc) is 2.90. The van der Waals surface area contributed by atoms with Gasteiger partial charge in [-0.15, -0.1) is 0 Å². The third kappa shape index (κ3) is 2.57. The third-order valence-corrected chi connectivity index (χ3v) is 4.10. The molecule has 6 heteroatoms. The van der Waals surface area contributed by atoms with Crippen LogP contribution in [0.15, 0.2) is 48.5 Å². The van der Waals surface area contributed by atoms with E-state index in [1.54, 1.807) is 4.57 Å². The van der Waals surface area contributed by atoms with E-state index < -0.39 is 0 Å². The summed E-state index contributed by atoms with van der Waals surface area (Å²) in [5.41, 5.74) is 18.2. The van der Waals surface area contributed by atoms with E-state index in [4.69, 9.17) is 11.5 Å². The van der Waals surface area contributed by atoms with Crippen molar-refractivity contribution in [3.8, 4) is 16.9 Å². The number of hydrogen-bond acceptors (Lipinski definition) is 5. The van der Waals surface area contributed by atoms with Crippen LogP contribution in [0.1, 0.15) is 11.1 Å². The van der Waals surface area contributed by atoms with Crippen LogP contribution in [0.2, 0.25) is 0 Å². The monoisotopic (exact) mass is 330 g/mol. The normalized spacial score (nSPS) is 11.1. The number of hydrogen-bond donors (Lipinski definition) is 2. The third-order valence-electron chi connectivity index (χ3n) is 4.10. The average molecular weight is 330 g/mol. The molecular formula is C19H18N6. The van der Waals surface area contributed by atoms with Gasteiger partial charge >= 0.3 is 0 Å². The minimum absolute atomic E-state index is 0.192. The van der Waals surface area contributed by atoms with Gasteiger partial charge in [-0.05, 0) is 37.6 Å². The van der Waals surface area contributed by atoms with Crippen molar-refractivity contribution >= 4 is 23.1 Å². The lowest BCUT2D eigenvalue weighted by atomic mass is 10.1. The molecule has 4 aromatic rings. The molecule has 2 heterocycles. The number of fused-ring (bicyclic) bond motifs is 1. The summed E-state index contributed by atoms with van der Waals surface area (Å²) in [6.45, 7) is 4.06. The van der Waals surface area contributed by atoms with E-state index in [0.717, 1.165) is 22.4 Å². The van der Waals surface area contributed by atoms with Gasteiger partial charge in [0.15, 0.2) is 5.65 Å². The summed E-state index contributed by atoms with van der Waals surface area (Å²) in [7, 11) is 0. The summed E-state index contributed by atoms with van der Waals surface area (Å²) in [5.74, 6) is 0.548. The Morgan fingerprint density at radius 1 is 0.840 bits per heavy atom. The first-order valence-electron chi connectivity index (χ1n) is 7.98. The zero-order valence-electron chi connectivity index (χ0n) is 14.1. The van der Waals surface area contributed by atoms with Gasteiger partial charge in [0.2, 0.25) is 11.9 Å². The van der Waals surface area contributed by atoms with Gasteiger partial charge in [-0.2, -0.15) is 4.98 Å². The first-order chi connectivity index (χ1) is 12.0. The molecule has 124 valence electrons. The second-order valence-electron chi connectivity index (χ2n) is 6.12. The van der Waals surface area contributed by atoms with E-state index >= 15 is 0 Å². The molecule has 0 radical (unpaired) electrons. The number of anilines is 2. The molecular weight excluding hydrogens is 312 g/mol. The molecule has 0 saturated carbocycles. The molecule has 0 fully saturated rings. The molecule has 6 nitrogen and oxygen atoms in total. The van der Waals surface area contributed by atoms with Crippen LogP contribution in [0.3, 0.4) is 0 Å². The SMILES string of the molecule is Cc1cccc(-c2nc(N)nc3c2nc(N)n3-c2cccc(C)c2)c1. The Bertz CT molecular complexity index is 1100. The lowest BCUT2D eigenvalue weighted by molar-refractivity contribution is 1.07. The quantitative estimate of drug-likeness (QED) is 0.588. The highest BCUT2D eigenvalue weighted by Gasteiger charge is 2.18. The van der Waals surface area contributed by atoms with Crippen molar-refractivity contribution < 1.29 is 0 Å². The van der Waals surface area contributed by atoms with E-state index in [1.807, 2.05) is 62.4 Å². The number of aromatic nitrogens is 4. The topological polar surface area (TPSA) is 95.6 Å². The first-order valence-corrected chi connectivity index (χ1v) is 7.98. The molecule has 0 amide bonds. The highest BCUT2D eigenvalue weighted by Crippen LogP contribution is 2.30. The fourth-order valence-corrected chi connectivity index (χ4v) is 3.01. The smallest absolute Gasteiger partial charge is 0.222 e. The molecule has 0 bridgehead atoms. The number of rotatable bonds is 2. The van der Waals surface area contributed by atoms with Gasteiger partial charge in [0.25, 0.3) is 0 Å². The van der Waals surface area contributed by atoms with Crippen LogP contribution in [0, 0.1) is 13.8 Å². The highest BCUT2D eigenvalue weighted by atomic mass is 15.2. The summed E-state index contributed by atoms with van der Waals surface area (Å²) in [4.78, 5) is 13.3. The Balaban J connectivity index is 2.04. The number of nitrogen functional groups attached to an aromatic ring is 2. The molecule has 4 N–H and O–H groups in total. The Labute approximate surface area is 145 Å². The largest absolute Gasteiger partial charge is 0.369 e. The van der Waals surface area contributed by atoms with Gasteiger partial charge in [-0.25, -0.2) is 9.97 Å². The van der Waals surface area contributed by atoms with Crippen LogP contribution < -0.4 is 11.5 Å². The molecule has 2 aromatic heterocycles. The van der Waals surface area contributed by atoms with Gasteiger partial charge < -0.3 is 11.5 Å². The molecule has 4 rings (SSSR count). The summed E-state index contributed by atoms with van der Waals surface area (Å²) >= 11 is 0. The fourth-order valence-electron chi connectivity index (χ4n) is 3.01. The lowest BCUT2D eigenvalue weighted by Crippen LogP contribution is -2.03. The van der Waals surface area contributed by atoms with Gasteiger partial charge in [0.05, 0.1) is 5.69 Å². The zero-order chi connectivity index (χ0) is 17.6. The van der Waals surface area contributed by atoms with Crippen molar-refractivity contribution in [3.05, 3.63) is 59.7 Å². The number of aryl methyl sites for hydroxylation is 2. The van der Waals surface area contributed by atoms with Crippen LogP contribution in [0.25, 0.3) is 28.1 Å². The molecule has 0 aliphatic rings. The molecule has 0 aliphatic heterocycles. The van der Waals surface area contributed by atoms with Crippen molar-refractivity contribution in [3.63, 3.8) is 0 Å². The maximum absolute atomic E-state index is 6.21.